The van der Waals surface area contributed by atoms with Crippen molar-refractivity contribution in [3.8, 4) is 0 Å². The molecule has 1 saturated heterocycles. The van der Waals surface area contributed by atoms with E-state index < -0.39 is 16.5 Å². The van der Waals surface area contributed by atoms with Crippen molar-refractivity contribution in [2.75, 3.05) is 26.7 Å². The van der Waals surface area contributed by atoms with Crippen LogP contribution in [0.2, 0.25) is 0 Å². The van der Waals surface area contributed by atoms with Crippen molar-refractivity contribution in [2.45, 2.75) is 51.6 Å². The fourth-order valence-corrected chi connectivity index (χ4v) is 5.79. The van der Waals surface area contributed by atoms with E-state index in [2.05, 4.69) is 70.9 Å². The van der Waals surface area contributed by atoms with Crippen LogP contribution in [-0.2, 0) is 19.1 Å². The summed E-state index contributed by atoms with van der Waals surface area (Å²) >= 11 is 0. The Morgan fingerprint density at radius 1 is 0.889 bits per heavy atom. The van der Waals surface area contributed by atoms with Crippen molar-refractivity contribution >= 4 is 17.6 Å². The molecule has 2 heterocycles. The molecule has 0 aliphatic carbocycles. The van der Waals surface area contributed by atoms with E-state index in [4.69, 9.17) is 9.47 Å². The molecule has 1 N–H and O–H groups in total. The minimum absolute atomic E-state index is 0.137. The number of nitrogens with zero attached hydrogens (tertiary/aromatic N) is 2. The lowest BCUT2D eigenvalue weighted by atomic mass is 9.88. The maximum Gasteiger partial charge on any atom is 0.336 e. The Bertz CT molecular complexity index is 1500. The van der Waals surface area contributed by atoms with Crippen molar-refractivity contribution in [3.63, 3.8) is 0 Å². The number of allylic oxidation sites excluding steroid dienone is 2. The van der Waals surface area contributed by atoms with Gasteiger partial charge < -0.3 is 14.8 Å². The number of non-ortho nitro benzene ring substituents is 1. The number of hydrogen-bond donors (Lipinski definition) is 1. The molecule has 1 fully saturated rings. The lowest BCUT2D eigenvalue weighted by Gasteiger charge is -2.28. The Hall–Kier alpha value is -4.76. The zero-order valence-electron chi connectivity index (χ0n) is 26.3. The van der Waals surface area contributed by atoms with E-state index in [9.17, 15) is 19.7 Å². The zero-order chi connectivity index (χ0) is 32.4. The molecule has 0 amide bonds. The summed E-state index contributed by atoms with van der Waals surface area (Å²) in [6.45, 7) is 8.14. The van der Waals surface area contributed by atoms with Crippen LogP contribution in [0.1, 0.15) is 57.1 Å². The molecule has 45 heavy (non-hydrogen) atoms. The molecular formula is C36H41N3O6. The number of nitro benzene ring substituents is 1. The van der Waals surface area contributed by atoms with Crippen LogP contribution in [0.25, 0.3) is 0 Å². The van der Waals surface area contributed by atoms with Crippen LogP contribution in [-0.4, -0.2) is 54.1 Å². The lowest BCUT2D eigenvalue weighted by molar-refractivity contribution is -0.384. The molecule has 0 aromatic heterocycles. The molecular weight excluding hydrogens is 570 g/mol. The lowest BCUT2D eigenvalue weighted by Crippen LogP contribution is -2.37. The first kappa shape index (κ1) is 33.1. The van der Waals surface area contributed by atoms with Gasteiger partial charge in [0.25, 0.3) is 5.69 Å². The van der Waals surface area contributed by atoms with E-state index >= 15 is 0 Å². The fraction of sp³-hybridized carbons (Fsp3) is 0.333. The Kier molecular flexibility index (Phi) is 11.3. The average molecular weight is 612 g/mol. The van der Waals surface area contributed by atoms with Gasteiger partial charge in [-0.3, -0.25) is 15.0 Å². The zero-order valence-corrected chi connectivity index (χ0v) is 26.3. The van der Waals surface area contributed by atoms with Crippen LogP contribution in [0.3, 0.4) is 0 Å². The van der Waals surface area contributed by atoms with Crippen molar-refractivity contribution in [3.05, 3.63) is 135 Å². The second kappa shape index (κ2) is 15.3. The molecule has 0 bridgehead atoms. The van der Waals surface area contributed by atoms with E-state index in [0.29, 0.717) is 29.3 Å². The molecule has 3 aromatic rings. The highest BCUT2D eigenvalue weighted by Gasteiger charge is 2.39. The molecule has 2 aliphatic rings. The highest BCUT2D eigenvalue weighted by atomic mass is 16.6. The summed E-state index contributed by atoms with van der Waals surface area (Å²) in [6.07, 6.45) is 1.98. The predicted octanol–water partition coefficient (Wildman–Crippen LogP) is 6.53. The van der Waals surface area contributed by atoms with Crippen LogP contribution in [0.4, 0.5) is 5.69 Å². The maximum atomic E-state index is 13.2. The van der Waals surface area contributed by atoms with Gasteiger partial charge in [-0.25, -0.2) is 9.59 Å². The number of carbonyl (C=O) groups is 2. The van der Waals surface area contributed by atoms with Gasteiger partial charge >= 0.3 is 11.9 Å². The van der Waals surface area contributed by atoms with E-state index in [1.165, 1.54) is 30.4 Å². The SMILES string of the molecule is COC(=O)C1=C(C)NC(C)=C(C(=O)OC2(C)CCN(CCC(c3ccccc3)c3ccccc3)C2)C1.O=[N+]([O-])c1ccccc1. The number of nitro groups is 1. The predicted molar refractivity (Wildman–Crippen MR) is 173 cm³/mol. The van der Waals surface area contributed by atoms with Crippen molar-refractivity contribution in [2.24, 2.45) is 0 Å². The van der Waals surface area contributed by atoms with Crippen LogP contribution in [0, 0.1) is 10.1 Å². The third kappa shape index (κ3) is 8.89. The summed E-state index contributed by atoms with van der Waals surface area (Å²) in [6, 6.07) is 29.2. The van der Waals surface area contributed by atoms with Crippen LogP contribution >= 0.6 is 0 Å². The average Bonchev–Trinajstić information content (AvgIpc) is 3.42. The summed E-state index contributed by atoms with van der Waals surface area (Å²) in [7, 11) is 1.35. The normalized spacial score (nSPS) is 18.2. The molecule has 9 nitrogen and oxygen atoms in total. The maximum absolute atomic E-state index is 13.2. The Morgan fingerprint density at radius 2 is 1.40 bits per heavy atom. The summed E-state index contributed by atoms with van der Waals surface area (Å²) in [5.41, 5.74) is 4.56. The van der Waals surface area contributed by atoms with Crippen molar-refractivity contribution < 1.29 is 24.0 Å². The molecule has 5 rings (SSSR count). The molecule has 0 spiro atoms. The molecule has 9 heteroatoms. The third-order valence-electron chi connectivity index (χ3n) is 8.27. The van der Waals surface area contributed by atoms with Gasteiger partial charge in [-0.2, -0.15) is 0 Å². The molecule has 0 saturated carbocycles. The van der Waals surface area contributed by atoms with Gasteiger partial charge in [0, 0.05) is 55.4 Å². The second-order valence-electron chi connectivity index (χ2n) is 11.6. The number of nitrogens with one attached hydrogen (secondary N) is 1. The first-order valence-electron chi connectivity index (χ1n) is 15.1. The number of ether oxygens (including phenoxy) is 2. The third-order valence-corrected chi connectivity index (χ3v) is 8.27. The molecule has 3 aromatic carbocycles. The number of dihydropyridines is 1. The molecule has 2 aliphatic heterocycles. The first-order chi connectivity index (χ1) is 21.6. The minimum atomic E-state index is -0.568. The number of carbonyl (C=O) groups excluding carboxylic acids is 2. The standard InChI is InChI=1S/C30H36N2O4.C6H5NO2/c1-21-26(28(33)35-4)19-27(22(2)31-21)29(34)36-30(3)16-18-32(20-30)17-15-25(23-11-7-5-8-12-23)24-13-9-6-10-14-24;8-7(9)6-4-2-1-3-5-6/h5-14,25,31H,15-20H2,1-4H3;1-5H. The van der Waals surface area contributed by atoms with Gasteiger partial charge in [0.2, 0.25) is 0 Å². The summed E-state index contributed by atoms with van der Waals surface area (Å²) in [4.78, 5) is 37.3. The quantitative estimate of drug-likeness (QED) is 0.165. The van der Waals surface area contributed by atoms with E-state index in [1.807, 2.05) is 20.8 Å². The highest BCUT2D eigenvalue weighted by Crippen LogP contribution is 2.32. The van der Waals surface area contributed by atoms with Crippen LogP contribution in [0.5, 0.6) is 0 Å². The molecule has 1 atom stereocenters. The van der Waals surface area contributed by atoms with E-state index in [0.717, 1.165) is 31.6 Å². The number of hydrogen-bond acceptors (Lipinski definition) is 8. The smallest absolute Gasteiger partial charge is 0.336 e. The largest absolute Gasteiger partial charge is 0.466 e. The van der Waals surface area contributed by atoms with Gasteiger partial charge in [-0.15, -0.1) is 0 Å². The minimum Gasteiger partial charge on any atom is -0.466 e. The molecule has 0 radical (unpaired) electrons. The summed E-state index contributed by atoms with van der Waals surface area (Å²) in [5, 5.41) is 13.1. The van der Waals surface area contributed by atoms with Gasteiger partial charge in [0.15, 0.2) is 0 Å². The number of likely N-dealkylation sites (tertiary alicyclic amines) is 1. The Morgan fingerprint density at radius 3 is 1.89 bits per heavy atom. The molecule has 1 unspecified atom stereocenters. The number of para-hydroxylation sites is 1. The first-order valence-corrected chi connectivity index (χ1v) is 15.1. The number of benzene rings is 3. The Balaban J connectivity index is 0.000000440. The van der Waals surface area contributed by atoms with Crippen molar-refractivity contribution in [1.29, 1.82) is 0 Å². The molecule has 236 valence electrons. The Labute approximate surface area is 264 Å². The highest BCUT2D eigenvalue weighted by molar-refractivity contribution is 5.96. The van der Waals surface area contributed by atoms with E-state index in [1.54, 1.807) is 18.2 Å². The van der Waals surface area contributed by atoms with E-state index in [-0.39, 0.29) is 18.1 Å². The van der Waals surface area contributed by atoms with Crippen LogP contribution in [0.15, 0.2) is 114 Å². The summed E-state index contributed by atoms with van der Waals surface area (Å²) in [5.74, 6) is -0.484. The van der Waals surface area contributed by atoms with Gasteiger partial charge in [0.1, 0.15) is 5.60 Å². The van der Waals surface area contributed by atoms with Crippen LogP contribution < -0.4 is 5.32 Å². The summed E-state index contributed by atoms with van der Waals surface area (Å²) < 4.78 is 10.9. The van der Waals surface area contributed by atoms with Gasteiger partial charge in [0.05, 0.1) is 23.2 Å². The monoisotopic (exact) mass is 611 g/mol. The topological polar surface area (TPSA) is 111 Å². The fourth-order valence-electron chi connectivity index (χ4n) is 5.79. The van der Waals surface area contributed by atoms with Crippen molar-refractivity contribution in [1.82, 2.24) is 10.2 Å². The number of esters is 2. The van der Waals surface area contributed by atoms with Gasteiger partial charge in [-0.1, -0.05) is 78.9 Å². The number of rotatable bonds is 9. The number of methoxy groups -OCH3 is 1. The van der Waals surface area contributed by atoms with Gasteiger partial charge in [-0.05, 0) is 44.9 Å². The second-order valence-corrected chi connectivity index (χ2v) is 11.6.